The number of rotatable bonds is 7. The molecular formula is C21H19ClN2O5. The van der Waals surface area contributed by atoms with Gasteiger partial charge in [-0.1, -0.05) is 23.7 Å². The summed E-state index contributed by atoms with van der Waals surface area (Å²) in [5, 5.41) is 3.85. The summed E-state index contributed by atoms with van der Waals surface area (Å²) in [7, 11) is 2.85. The number of carbonyl (C=O) groups excluding carboxylic acids is 2. The third-order valence-corrected chi connectivity index (χ3v) is 4.35. The maximum Gasteiger partial charge on any atom is 0.356 e. The Hall–Kier alpha value is -3.32. The molecule has 0 bridgehead atoms. The number of benzene rings is 2. The lowest BCUT2D eigenvalue weighted by Crippen LogP contribution is -2.28. The Morgan fingerprint density at radius 2 is 1.93 bits per heavy atom. The van der Waals surface area contributed by atoms with Gasteiger partial charge < -0.3 is 19.5 Å². The molecule has 2 aromatic carbocycles. The molecule has 0 fully saturated rings. The van der Waals surface area contributed by atoms with Crippen molar-refractivity contribution in [1.29, 1.82) is 0 Å². The van der Waals surface area contributed by atoms with Crippen LogP contribution in [0.25, 0.3) is 10.9 Å². The SMILES string of the molecule is COC(=O)c1cc(OCC(=O)NCc2cccc(OC)c2)c2cc(Cl)ccc2n1. The van der Waals surface area contributed by atoms with E-state index in [1.165, 1.54) is 13.2 Å². The molecule has 1 heterocycles. The van der Waals surface area contributed by atoms with Crippen molar-refractivity contribution in [2.45, 2.75) is 6.54 Å². The Balaban J connectivity index is 1.72. The molecule has 3 aromatic rings. The number of ether oxygens (including phenoxy) is 3. The van der Waals surface area contributed by atoms with Crippen LogP contribution in [0.5, 0.6) is 11.5 Å². The van der Waals surface area contributed by atoms with Crippen molar-refractivity contribution in [3.8, 4) is 11.5 Å². The topological polar surface area (TPSA) is 86.8 Å². The van der Waals surface area contributed by atoms with Gasteiger partial charge in [0.2, 0.25) is 0 Å². The highest BCUT2D eigenvalue weighted by atomic mass is 35.5. The van der Waals surface area contributed by atoms with Gasteiger partial charge in [-0.2, -0.15) is 0 Å². The highest BCUT2D eigenvalue weighted by Gasteiger charge is 2.15. The van der Waals surface area contributed by atoms with Crippen LogP contribution in [0, 0.1) is 0 Å². The van der Waals surface area contributed by atoms with Gasteiger partial charge in [0.15, 0.2) is 12.3 Å². The third-order valence-electron chi connectivity index (χ3n) is 4.11. The summed E-state index contributed by atoms with van der Waals surface area (Å²) in [5.74, 6) is 0.103. The lowest BCUT2D eigenvalue weighted by molar-refractivity contribution is -0.123. The van der Waals surface area contributed by atoms with Gasteiger partial charge in [0.1, 0.15) is 11.5 Å². The van der Waals surface area contributed by atoms with Crippen LogP contribution >= 0.6 is 11.6 Å². The molecule has 1 N–H and O–H groups in total. The number of nitrogens with one attached hydrogen (secondary N) is 1. The Morgan fingerprint density at radius 1 is 1.10 bits per heavy atom. The van der Waals surface area contributed by atoms with Crippen LogP contribution in [0.4, 0.5) is 0 Å². The highest BCUT2D eigenvalue weighted by Crippen LogP contribution is 2.28. The minimum Gasteiger partial charge on any atom is -0.497 e. The second-order valence-corrected chi connectivity index (χ2v) is 6.51. The molecule has 29 heavy (non-hydrogen) atoms. The number of esters is 1. The number of aromatic nitrogens is 1. The van der Waals surface area contributed by atoms with Crippen molar-refractivity contribution in [3.05, 3.63) is 64.8 Å². The van der Waals surface area contributed by atoms with E-state index in [9.17, 15) is 9.59 Å². The van der Waals surface area contributed by atoms with Crippen molar-refractivity contribution < 1.29 is 23.8 Å². The summed E-state index contributed by atoms with van der Waals surface area (Å²) in [4.78, 5) is 28.3. The van der Waals surface area contributed by atoms with E-state index in [0.29, 0.717) is 34.0 Å². The quantitative estimate of drug-likeness (QED) is 0.596. The van der Waals surface area contributed by atoms with Crippen LogP contribution in [-0.4, -0.2) is 37.7 Å². The van der Waals surface area contributed by atoms with Gasteiger partial charge in [0.25, 0.3) is 5.91 Å². The molecule has 8 heteroatoms. The van der Waals surface area contributed by atoms with E-state index < -0.39 is 5.97 Å². The molecule has 3 rings (SSSR count). The molecule has 0 saturated carbocycles. The lowest BCUT2D eigenvalue weighted by Gasteiger charge is -2.12. The molecule has 0 spiro atoms. The summed E-state index contributed by atoms with van der Waals surface area (Å²) in [6.45, 7) is 0.0892. The minimum absolute atomic E-state index is 0.0779. The van der Waals surface area contributed by atoms with E-state index >= 15 is 0 Å². The third kappa shape index (κ3) is 5.14. The second-order valence-electron chi connectivity index (χ2n) is 6.08. The first kappa shape index (κ1) is 20.4. The first-order valence-corrected chi connectivity index (χ1v) is 9.09. The summed E-state index contributed by atoms with van der Waals surface area (Å²) >= 11 is 6.06. The van der Waals surface area contributed by atoms with Crippen LogP contribution in [0.1, 0.15) is 16.1 Å². The van der Waals surface area contributed by atoms with Crippen LogP contribution in [-0.2, 0) is 16.1 Å². The largest absolute Gasteiger partial charge is 0.497 e. The molecular weight excluding hydrogens is 396 g/mol. The summed E-state index contributed by atoms with van der Waals surface area (Å²) in [6, 6.07) is 13.8. The van der Waals surface area contributed by atoms with E-state index in [4.69, 9.17) is 25.8 Å². The summed E-state index contributed by atoms with van der Waals surface area (Å²) in [6.07, 6.45) is 0. The minimum atomic E-state index is -0.603. The van der Waals surface area contributed by atoms with Gasteiger partial charge in [0.05, 0.1) is 19.7 Å². The zero-order chi connectivity index (χ0) is 20.8. The Bertz CT molecular complexity index is 1050. The molecule has 0 saturated heterocycles. The smallest absolute Gasteiger partial charge is 0.356 e. The van der Waals surface area contributed by atoms with E-state index in [2.05, 4.69) is 10.3 Å². The number of halogens is 1. The molecule has 1 aromatic heterocycles. The van der Waals surface area contributed by atoms with Gasteiger partial charge in [-0.15, -0.1) is 0 Å². The molecule has 150 valence electrons. The Morgan fingerprint density at radius 3 is 2.69 bits per heavy atom. The molecule has 0 unspecified atom stereocenters. The fraction of sp³-hybridized carbons (Fsp3) is 0.190. The molecule has 0 aliphatic rings. The molecule has 0 atom stereocenters. The average Bonchev–Trinajstić information content (AvgIpc) is 2.75. The second kappa shape index (κ2) is 9.25. The van der Waals surface area contributed by atoms with E-state index in [1.54, 1.807) is 25.3 Å². The van der Waals surface area contributed by atoms with Gasteiger partial charge in [0, 0.05) is 23.0 Å². The summed E-state index contributed by atoms with van der Waals surface area (Å²) in [5.41, 5.74) is 1.48. The van der Waals surface area contributed by atoms with Crippen molar-refractivity contribution in [2.75, 3.05) is 20.8 Å². The van der Waals surface area contributed by atoms with Crippen LogP contribution < -0.4 is 14.8 Å². The van der Waals surface area contributed by atoms with Crippen molar-refractivity contribution in [2.24, 2.45) is 0 Å². The number of hydrogen-bond donors (Lipinski definition) is 1. The molecule has 0 aliphatic carbocycles. The average molecular weight is 415 g/mol. The number of nitrogens with zero attached hydrogens (tertiary/aromatic N) is 1. The lowest BCUT2D eigenvalue weighted by atomic mass is 10.2. The van der Waals surface area contributed by atoms with Crippen LogP contribution in [0.2, 0.25) is 5.02 Å². The fourth-order valence-corrected chi connectivity index (χ4v) is 2.85. The van der Waals surface area contributed by atoms with E-state index in [-0.39, 0.29) is 18.2 Å². The number of carbonyl (C=O) groups is 2. The van der Waals surface area contributed by atoms with E-state index in [1.807, 2.05) is 24.3 Å². The monoisotopic (exact) mass is 414 g/mol. The van der Waals surface area contributed by atoms with E-state index in [0.717, 1.165) is 5.56 Å². The van der Waals surface area contributed by atoms with Crippen LogP contribution in [0.3, 0.4) is 0 Å². The molecule has 0 radical (unpaired) electrons. The molecule has 0 aliphatic heterocycles. The maximum absolute atomic E-state index is 12.2. The first-order chi connectivity index (χ1) is 14.0. The standard InChI is InChI=1S/C21H19ClN2O5/c1-27-15-5-3-4-13(8-15)11-23-20(25)12-29-19-10-18(21(26)28-2)24-17-7-6-14(22)9-16(17)19/h3-10H,11-12H2,1-2H3,(H,23,25). The molecule has 1 amide bonds. The Kier molecular flexibility index (Phi) is 6.51. The number of pyridine rings is 1. The van der Waals surface area contributed by atoms with Gasteiger partial charge in [-0.3, -0.25) is 4.79 Å². The zero-order valence-corrected chi connectivity index (χ0v) is 16.7. The van der Waals surface area contributed by atoms with Gasteiger partial charge in [-0.05, 0) is 35.9 Å². The number of amides is 1. The first-order valence-electron chi connectivity index (χ1n) is 8.71. The highest BCUT2D eigenvalue weighted by molar-refractivity contribution is 6.31. The van der Waals surface area contributed by atoms with Gasteiger partial charge >= 0.3 is 5.97 Å². The predicted octanol–water partition coefficient (Wildman–Crippen LogP) is 3.38. The van der Waals surface area contributed by atoms with Crippen molar-refractivity contribution in [1.82, 2.24) is 10.3 Å². The van der Waals surface area contributed by atoms with Crippen molar-refractivity contribution >= 4 is 34.4 Å². The fourth-order valence-electron chi connectivity index (χ4n) is 2.67. The maximum atomic E-state index is 12.2. The number of fused-ring (bicyclic) bond motifs is 1. The number of hydrogen-bond acceptors (Lipinski definition) is 6. The van der Waals surface area contributed by atoms with Crippen molar-refractivity contribution in [3.63, 3.8) is 0 Å². The molecule has 7 nitrogen and oxygen atoms in total. The number of methoxy groups -OCH3 is 2. The normalized spacial score (nSPS) is 10.4. The predicted molar refractivity (Wildman–Crippen MR) is 108 cm³/mol. The van der Waals surface area contributed by atoms with Crippen LogP contribution in [0.15, 0.2) is 48.5 Å². The van der Waals surface area contributed by atoms with Gasteiger partial charge in [-0.25, -0.2) is 9.78 Å². The zero-order valence-electron chi connectivity index (χ0n) is 15.9. The summed E-state index contributed by atoms with van der Waals surface area (Å²) < 4.78 is 15.6. The Labute approximate surface area is 172 Å².